The van der Waals surface area contributed by atoms with Gasteiger partial charge in [0.25, 0.3) is 0 Å². The van der Waals surface area contributed by atoms with Crippen molar-refractivity contribution in [1.29, 1.82) is 0 Å². The van der Waals surface area contributed by atoms with Crippen LogP contribution in [0.3, 0.4) is 0 Å². The van der Waals surface area contributed by atoms with Crippen molar-refractivity contribution in [3.8, 4) is 0 Å². The quantitative estimate of drug-likeness (QED) is 0.683. The maximum Gasteiger partial charge on any atom is 0.244 e. The molecule has 0 aliphatic heterocycles. The lowest BCUT2D eigenvalue weighted by atomic mass is 10.1. The summed E-state index contributed by atoms with van der Waals surface area (Å²) in [6, 6.07) is 3.17. The summed E-state index contributed by atoms with van der Waals surface area (Å²) in [5.41, 5.74) is 5.98. The number of hydrogen-bond donors (Lipinski definition) is 2. The van der Waals surface area contributed by atoms with Gasteiger partial charge in [-0.25, -0.2) is 0 Å². The summed E-state index contributed by atoms with van der Waals surface area (Å²) in [4.78, 5) is 14.8. The normalized spacial score (nSPS) is 12.4. The van der Waals surface area contributed by atoms with Gasteiger partial charge in [0.1, 0.15) is 6.04 Å². The maximum absolute atomic E-state index is 12.3. The molecule has 1 rings (SSSR count). The van der Waals surface area contributed by atoms with E-state index in [0.29, 0.717) is 13.1 Å². The van der Waals surface area contributed by atoms with Crippen LogP contribution in [0, 0.1) is 0 Å². The van der Waals surface area contributed by atoms with E-state index in [0.717, 1.165) is 17.7 Å². The van der Waals surface area contributed by atoms with Crippen molar-refractivity contribution in [2.75, 3.05) is 19.7 Å². The Morgan fingerprint density at radius 3 is 2.79 bits per heavy atom. The number of carbonyl (C=O) groups excluding carboxylic acids is 1. The van der Waals surface area contributed by atoms with Crippen molar-refractivity contribution < 1.29 is 9.90 Å². The predicted molar refractivity (Wildman–Crippen MR) is 79.1 cm³/mol. The fraction of sp³-hybridized carbons (Fsp3) is 0.643. The maximum atomic E-state index is 12.3. The largest absolute Gasteiger partial charge is 0.395 e. The second-order valence-electron chi connectivity index (χ2n) is 4.60. The lowest BCUT2D eigenvalue weighted by molar-refractivity contribution is -0.133. The van der Waals surface area contributed by atoms with Gasteiger partial charge in [0.2, 0.25) is 5.91 Å². The van der Waals surface area contributed by atoms with Crippen molar-refractivity contribution in [3.63, 3.8) is 0 Å². The van der Waals surface area contributed by atoms with Crippen molar-refractivity contribution in [3.05, 3.63) is 22.4 Å². The number of nitrogens with two attached hydrogens (primary N) is 1. The Morgan fingerprint density at radius 2 is 2.21 bits per heavy atom. The van der Waals surface area contributed by atoms with E-state index >= 15 is 0 Å². The van der Waals surface area contributed by atoms with E-state index in [1.165, 1.54) is 24.2 Å². The molecule has 0 spiro atoms. The third-order valence-corrected chi connectivity index (χ3v) is 4.03. The van der Waals surface area contributed by atoms with Crippen LogP contribution < -0.4 is 5.73 Å². The molecule has 0 aliphatic rings. The number of rotatable bonds is 9. The van der Waals surface area contributed by atoms with E-state index in [-0.39, 0.29) is 12.5 Å². The second kappa shape index (κ2) is 9.07. The van der Waals surface area contributed by atoms with E-state index in [1.807, 2.05) is 17.5 Å². The summed E-state index contributed by atoms with van der Waals surface area (Å²) >= 11 is 1.49. The fourth-order valence-electron chi connectivity index (χ4n) is 1.97. The van der Waals surface area contributed by atoms with Crippen LogP contribution in [0.25, 0.3) is 0 Å². The van der Waals surface area contributed by atoms with Gasteiger partial charge in [-0.2, -0.15) is 0 Å². The highest BCUT2D eigenvalue weighted by Crippen LogP contribution is 2.19. The van der Waals surface area contributed by atoms with Crippen molar-refractivity contribution in [1.82, 2.24) is 4.90 Å². The Labute approximate surface area is 119 Å². The lowest BCUT2D eigenvalue weighted by Gasteiger charge is -2.24. The van der Waals surface area contributed by atoms with Crippen LogP contribution in [0.4, 0.5) is 0 Å². The molecule has 0 bridgehead atoms. The standard InChI is InChI=1S/C14H24N2O2S/c1-2-3-4-5-8-16(9-10-17)14(18)13(15)12-7-6-11-19-12/h6-7,11,13,17H,2-5,8-10,15H2,1H3. The molecule has 0 aromatic carbocycles. The zero-order chi connectivity index (χ0) is 14.1. The highest BCUT2D eigenvalue weighted by atomic mass is 32.1. The van der Waals surface area contributed by atoms with Crippen molar-refractivity contribution >= 4 is 17.2 Å². The zero-order valence-electron chi connectivity index (χ0n) is 11.5. The zero-order valence-corrected chi connectivity index (χ0v) is 12.4. The molecular weight excluding hydrogens is 260 g/mol. The minimum absolute atomic E-state index is 0.0172. The average Bonchev–Trinajstić information content (AvgIpc) is 2.94. The minimum atomic E-state index is -0.599. The Balaban J connectivity index is 2.51. The summed E-state index contributed by atoms with van der Waals surface area (Å²) < 4.78 is 0. The molecule has 1 aromatic heterocycles. The molecule has 0 saturated carbocycles. The molecular formula is C14H24N2O2S. The molecule has 1 unspecified atom stereocenters. The van der Waals surface area contributed by atoms with Gasteiger partial charge in [0.05, 0.1) is 6.61 Å². The van der Waals surface area contributed by atoms with E-state index in [1.54, 1.807) is 4.90 Å². The van der Waals surface area contributed by atoms with Crippen LogP contribution in [-0.2, 0) is 4.79 Å². The van der Waals surface area contributed by atoms with E-state index in [9.17, 15) is 4.79 Å². The molecule has 1 heterocycles. The topological polar surface area (TPSA) is 66.6 Å². The average molecular weight is 284 g/mol. The van der Waals surface area contributed by atoms with E-state index in [4.69, 9.17) is 10.8 Å². The summed E-state index contributed by atoms with van der Waals surface area (Å²) in [5.74, 6) is -0.0898. The third kappa shape index (κ3) is 5.30. The molecule has 108 valence electrons. The summed E-state index contributed by atoms with van der Waals surface area (Å²) in [6.45, 7) is 3.18. The van der Waals surface area contributed by atoms with Gasteiger partial charge in [-0.3, -0.25) is 4.79 Å². The minimum Gasteiger partial charge on any atom is -0.395 e. The molecule has 1 aromatic rings. The number of aliphatic hydroxyl groups is 1. The van der Waals surface area contributed by atoms with Gasteiger partial charge in [0, 0.05) is 18.0 Å². The second-order valence-corrected chi connectivity index (χ2v) is 5.58. The summed E-state index contributed by atoms with van der Waals surface area (Å²) in [5, 5.41) is 11.0. The van der Waals surface area contributed by atoms with Gasteiger partial charge in [-0.05, 0) is 17.9 Å². The van der Waals surface area contributed by atoms with Crippen LogP contribution in [0.1, 0.15) is 43.5 Å². The van der Waals surface area contributed by atoms with Crippen LogP contribution in [-0.4, -0.2) is 35.6 Å². The summed E-state index contributed by atoms with van der Waals surface area (Å²) in [6.07, 6.45) is 4.43. The number of unbranched alkanes of at least 4 members (excludes halogenated alkanes) is 3. The number of carbonyl (C=O) groups is 1. The van der Waals surface area contributed by atoms with Gasteiger partial charge in [-0.15, -0.1) is 11.3 Å². The van der Waals surface area contributed by atoms with E-state index in [2.05, 4.69) is 6.92 Å². The Morgan fingerprint density at radius 1 is 1.42 bits per heavy atom. The van der Waals surface area contributed by atoms with Crippen LogP contribution in [0.5, 0.6) is 0 Å². The summed E-state index contributed by atoms with van der Waals surface area (Å²) in [7, 11) is 0. The Bertz CT molecular complexity index is 354. The first kappa shape index (κ1) is 16.1. The molecule has 1 amide bonds. The first-order valence-corrected chi connectivity index (χ1v) is 7.77. The molecule has 0 radical (unpaired) electrons. The predicted octanol–water partition coefficient (Wildman–Crippen LogP) is 2.15. The SMILES string of the molecule is CCCCCCN(CCO)C(=O)C(N)c1cccs1. The number of hydrogen-bond acceptors (Lipinski definition) is 4. The van der Waals surface area contributed by atoms with Crippen LogP contribution >= 0.6 is 11.3 Å². The lowest BCUT2D eigenvalue weighted by Crippen LogP contribution is -2.40. The van der Waals surface area contributed by atoms with Gasteiger partial charge in [-0.1, -0.05) is 32.3 Å². The monoisotopic (exact) mass is 284 g/mol. The van der Waals surface area contributed by atoms with Gasteiger partial charge < -0.3 is 15.7 Å². The third-order valence-electron chi connectivity index (χ3n) is 3.08. The van der Waals surface area contributed by atoms with E-state index < -0.39 is 6.04 Å². The fourth-order valence-corrected chi connectivity index (χ4v) is 2.69. The number of nitrogens with zero attached hydrogens (tertiary/aromatic N) is 1. The van der Waals surface area contributed by atoms with Gasteiger partial charge >= 0.3 is 0 Å². The molecule has 0 saturated heterocycles. The first-order chi connectivity index (χ1) is 9.20. The molecule has 0 fully saturated rings. The van der Waals surface area contributed by atoms with Gasteiger partial charge in [0.15, 0.2) is 0 Å². The first-order valence-electron chi connectivity index (χ1n) is 6.89. The number of amides is 1. The highest BCUT2D eigenvalue weighted by molar-refractivity contribution is 7.10. The highest BCUT2D eigenvalue weighted by Gasteiger charge is 2.22. The molecule has 3 N–H and O–H groups in total. The molecule has 1 atom stereocenters. The van der Waals surface area contributed by atoms with Crippen molar-refractivity contribution in [2.24, 2.45) is 5.73 Å². The Hall–Kier alpha value is -0.910. The van der Waals surface area contributed by atoms with Crippen LogP contribution in [0.15, 0.2) is 17.5 Å². The smallest absolute Gasteiger partial charge is 0.244 e. The molecule has 4 nitrogen and oxygen atoms in total. The van der Waals surface area contributed by atoms with Crippen molar-refractivity contribution in [2.45, 2.75) is 38.6 Å². The van der Waals surface area contributed by atoms with Crippen LogP contribution in [0.2, 0.25) is 0 Å². The number of aliphatic hydroxyl groups excluding tert-OH is 1. The molecule has 5 heteroatoms. The number of thiophene rings is 1. The Kier molecular flexibility index (Phi) is 7.70. The molecule has 0 aliphatic carbocycles. The molecule has 19 heavy (non-hydrogen) atoms.